The summed E-state index contributed by atoms with van der Waals surface area (Å²) in [5.74, 6) is 0.376. The van der Waals surface area contributed by atoms with Gasteiger partial charge in [-0.3, -0.25) is 14.2 Å². The van der Waals surface area contributed by atoms with Crippen LogP contribution in [0, 0.1) is 0 Å². The van der Waals surface area contributed by atoms with E-state index >= 15 is 0 Å². The maximum atomic E-state index is 13.2. The van der Waals surface area contributed by atoms with Gasteiger partial charge in [0.25, 0.3) is 5.91 Å². The summed E-state index contributed by atoms with van der Waals surface area (Å²) in [5, 5.41) is 9.22. The summed E-state index contributed by atoms with van der Waals surface area (Å²) in [6.45, 7) is 4.28. The molecular formula is C18H22N6O3. The van der Waals surface area contributed by atoms with E-state index in [0.717, 1.165) is 17.5 Å². The Morgan fingerprint density at radius 3 is 2.93 bits per heavy atom. The highest BCUT2D eigenvalue weighted by Crippen LogP contribution is 2.30. The van der Waals surface area contributed by atoms with Crippen LogP contribution in [0.2, 0.25) is 0 Å². The van der Waals surface area contributed by atoms with Crippen LogP contribution in [-0.4, -0.2) is 62.2 Å². The van der Waals surface area contributed by atoms with Gasteiger partial charge in [-0.25, -0.2) is 4.98 Å². The van der Waals surface area contributed by atoms with Crippen molar-refractivity contribution >= 4 is 16.9 Å². The zero-order valence-corrected chi connectivity index (χ0v) is 15.6. The standard InChI is InChI=1S/C18H22N6O3/c1-4-24-10-12(7-21-24)15-11-23(5-6-27-15)18(25)14-8-19-17-13(16(14)26-3)9-20-22(17)2/h7-10,15H,4-6,11H2,1-3H3/t15-/m0/s1. The van der Waals surface area contributed by atoms with Crippen molar-refractivity contribution in [1.29, 1.82) is 0 Å². The summed E-state index contributed by atoms with van der Waals surface area (Å²) in [6, 6.07) is 0. The van der Waals surface area contributed by atoms with Crippen LogP contribution >= 0.6 is 0 Å². The van der Waals surface area contributed by atoms with E-state index < -0.39 is 0 Å². The molecule has 9 nitrogen and oxygen atoms in total. The molecule has 0 saturated carbocycles. The zero-order chi connectivity index (χ0) is 19.0. The monoisotopic (exact) mass is 370 g/mol. The lowest BCUT2D eigenvalue weighted by molar-refractivity contribution is -0.0229. The highest BCUT2D eigenvalue weighted by molar-refractivity contribution is 6.01. The van der Waals surface area contributed by atoms with Gasteiger partial charge < -0.3 is 14.4 Å². The fraction of sp³-hybridized carbons (Fsp3) is 0.444. The van der Waals surface area contributed by atoms with Crippen LogP contribution < -0.4 is 4.74 Å². The Bertz CT molecular complexity index is 979. The molecule has 4 rings (SSSR count). The van der Waals surface area contributed by atoms with E-state index in [1.807, 2.05) is 17.8 Å². The van der Waals surface area contributed by atoms with E-state index in [9.17, 15) is 4.79 Å². The van der Waals surface area contributed by atoms with Crippen LogP contribution in [0.15, 0.2) is 24.8 Å². The van der Waals surface area contributed by atoms with Crippen molar-refractivity contribution in [2.75, 3.05) is 26.8 Å². The minimum absolute atomic E-state index is 0.124. The predicted molar refractivity (Wildman–Crippen MR) is 97.6 cm³/mol. The number of carbonyl (C=O) groups excluding carboxylic acids is 1. The van der Waals surface area contributed by atoms with Gasteiger partial charge in [-0.05, 0) is 6.92 Å². The number of hydrogen-bond acceptors (Lipinski definition) is 6. The Labute approximate surface area is 156 Å². The van der Waals surface area contributed by atoms with Crippen molar-refractivity contribution in [2.45, 2.75) is 19.6 Å². The quantitative estimate of drug-likeness (QED) is 0.690. The molecule has 0 spiro atoms. The second-order valence-corrected chi connectivity index (χ2v) is 6.45. The van der Waals surface area contributed by atoms with Gasteiger partial charge in [0.15, 0.2) is 5.65 Å². The summed E-state index contributed by atoms with van der Waals surface area (Å²) in [5.41, 5.74) is 2.08. The van der Waals surface area contributed by atoms with Crippen LogP contribution in [-0.2, 0) is 18.3 Å². The molecule has 0 unspecified atom stereocenters. The van der Waals surface area contributed by atoms with E-state index in [1.54, 1.807) is 42.3 Å². The maximum Gasteiger partial charge on any atom is 0.259 e. The number of pyridine rings is 1. The van der Waals surface area contributed by atoms with Gasteiger partial charge in [0.1, 0.15) is 17.4 Å². The van der Waals surface area contributed by atoms with Gasteiger partial charge in [0.05, 0.1) is 38.0 Å². The van der Waals surface area contributed by atoms with Crippen LogP contribution in [0.4, 0.5) is 0 Å². The summed E-state index contributed by atoms with van der Waals surface area (Å²) in [6.07, 6.45) is 6.79. The number of methoxy groups -OCH3 is 1. The number of rotatable bonds is 4. The number of aryl methyl sites for hydroxylation is 2. The largest absolute Gasteiger partial charge is 0.495 e. The van der Waals surface area contributed by atoms with Crippen molar-refractivity contribution in [1.82, 2.24) is 29.4 Å². The van der Waals surface area contributed by atoms with E-state index in [-0.39, 0.29) is 12.0 Å². The van der Waals surface area contributed by atoms with E-state index in [2.05, 4.69) is 15.2 Å². The molecule has 0 N–H and O–H groups in total. The van der Waals surface area contributed by atoms with Crippen molar-refractivity contribution in [3.63, 3.8) is 0 Å². The predicted octanol–water partition coefficient (Wildman–Crippen LogP) is 1.41. The van der Waals surface area contributed by atoms with Gasteiger partial charge in [-0.2, -0.15) is 10.2 Å². The lowest BCUT2D eigenvalue weighted by atomic mass is 10.1. The average molecular weight is 370 g/mol. The van der Waals surface area contributed by atoms with Gasteiger partial charge in [-0.15, -0.1) is 0 Å². The minimum atomic E-state index is -0.191. The summed E-state index contributed by atoms with van der Waals surface area (Å²) >= 11 is 0. The lowest BCUT2D eigenvalue weighted by Gasteiger charge is -2.32. The fourth-order valence-electron chi connectivity index (χ4n) is 3.37. The van der Waals surface area contributed by atoms with E-state index in [4.69, 9.17) is 9.47 Å². The first-order valence-electron chi connectivity index (χ1n) is 8.90. The number of amides is 1. The van der Waals surface area contributed by atoms with Gasteiger partial charge in [0.2, 0.25) is 0 Å². The molecule has 1 fully saturated rings. The first kappa shape index (κ1) is 17.5. The Balaban J connectivity index is 1.61. The van der Waals surface area contributed by atoms with Crippen LogP contribution in [0.25, 0.3) is 11.0 Å². The number of hydrogen-bond donors (Lipinski definition) is 0. The van der Waals surface area contributed by atoms with Crippen LogP contribution in [0.5, 0.6) is 5.75 Å². The Kier molecular flexibility index (Phi) is 4.53. The molecule has 27 heavy (non-hydrogen) atoms. The van der Waals surface area contributed by atoms with Gasteiger partial charge in [-0.1, -0.05) is 0 Å². The molecule has 4 heterocycles. The molecule has 1 aliphatic heterocycles. The topological polar surface area (TPSA) is 87.3 Å². The number of ether oxygens (including phenoxy) is 2. The molecule has 0 bridgehead atoms. The lowest BCUT2D eigenvalue weighted by Crippen LogP contribution is -2.42. The van der Waals surface area contributed by atoms with Crippen LogP contribution in [0.1, 0.15) is 28.9 Å². The maximum absolute atomic E-state index is 13.2. The zero-order valence-electron chi connectivity index (χ0n) is 15.6. The van der Waals surface area contributed by atoms with Crippen LogP contribution in [0.3, 0.4) is 0 Å². The third-order valence-electron chi connectivity index (χ3n) is 4.85. The third-order valence-corrected chi connectivity index (χ3v) is 4.85. The Hall–Kier alpha value is -2.94. The SMILES string of the molecule is CCn1cc([C@@H]2CN(C(=O)c3cnc4c(cnn4C)c3OC)CCO2)cn1. The number of morpholine rings is 1. The van der Waals surface area contributed by atoms with Crippen molar-refractivity contribution in [3.05, 3.63) is 35.9 Å². The summed E-state index contributed by atoms with van der Waals surface area (Å²) in [4.78, 5) is 19.3. The molecule has 0 aromatic carbocycles. The second kappa shape index (κ2) is 6.99. The molecule has 1 saturated heterocycles. The molecule has 3 aromatic heterocycles. The smallest absolute Gasteiger partial charge is 0.259 e. The normalized spacial score (nSPS) is 17.4. The third kappa shape index (κ3) is 3.03. The van der Waals surface area contributed by atoms with Gasteiger partial charge >= 0.3 is 0 Å². The Morgan fingerprint density at radius 1 is 1.33 bits per heavy atom. The van der Waals surface area contributed by atoms with Crippen molar-refractivity contribution in [2.24, 2.45) is 7.05 Å². The number of fused-ring (bicyclic) bond motifs is 1. The summed E-state index contributed by atoms with van der Waals surface area (Å²) < 4.78 is 14.9. The number of carbonyl (C=O) groups is 1. The molecule has 9 heteroatoms. The van der Waals surface area contributed by atoms with Gasteiger partial charge in [0, 0.05) is 38.1 Å². The molecule has 1 amide bonds. The average Bonchev–Trinajstić information content (AvgIpc) is 3.34. The molecule has 0 aliphatic carbocycles. The molecule has 1 aliphatic rings. The summed E-state index contributed by atoms with van der Waals surface area (Å²) in [7, 11) is 3.36. The van der Waals surface area contributed by atoms with Crippen molar-refractivity contribution < 1.29 is 14.3 Å². The molecule has 3 aromatic rings. The Morgan fingerprint density at radius 2 is 2.19 bits per heavy atom. The van der Waals surface area contributed by atoms with Crippen molar-refractivity contribution in [3.8, 4) is 5.75 Å². The first-order valence-corrected chi connectivity index (χ1v) is 8.90. The minimum Gasteiger partial charge on any atom is -0.495 e. The first-order chi connectivity index (χ1) is 13.1. The fourth-order valence-corrected chi connectivity index (χ4v) is 3.37. The number of aromatic nitrogens is 5. The molecule has 0 radical (unpaired) electrons. The van der Waals surface area contributed by atoms with E-state index in [1.165, 1.54) is 0 Å². The highest BCUT2D eigenvalue weighted by Gasteiger charge is 2.29. The van der Waals surface area contributed by atoms with E-state index in [0.29, 0.717) is 36.7 Å². The molecular weight excluding hydrogens is 348 g/mol. The molecule has 1 atom stereocenters. The number of nitrogens with zero attached hydrogens (tertiary/aromatic N) is 6. The highest BCUT2D eigenvalue weighted by atomic mass is 16.5. The second-order valence-electron chi connectivity index (χ2n) is 6.45. The molecule has 142 valence electrons.